The molecule has 0 saturated heterocycles. The van der Waals surface area contributed by atoms with E-state index in [4.69, 9.17) is 0 Å². The molecule has 1 atom stereocenters. The number of carbonyl (C=O) groups is 1. The Hall–Kier alpha value is -0.620. The van der Waals surface area contributed by atoms with Crippen LogP contribution in [0.4, 0.5) is 0 Å². The molecule has 1 unspecified atom stereocenters. The number of hydrogen-bond donors (Lipinski definition) is 0. The SMILES string of the molecule is CCOC(=O)C1=C=[P+]([O-])C1. The summed E-state index contributed by atoms with van der Waals surface area (Å²) < 4.78 is 4.63. The molecule has 0 amide bonds. The van der Waals surface area contributed by atoms with Crippen molar-refractivity contribution < 1.29 is 14.4 Å². The van der Waals surface area contributed by atoms with Gasteiger partial charge in [-0.05, 0) is 6.92 Å². The molecule has 0 radical (unpaired) electrons. The molecular weight excluding hydrogens is 151 g/mol. The van der Waals surface area contributed by atoms with Gasteiger partial charge < -0.3 is 9.63 Å². The van der Waals surface area contributed by atoms with Crippen LogP contribution in [0.3, 0.4) is 0 Å². The van der Waals surface area contributed by atoms with E-state index in [1.54, 1.807) is 6.92 Å². The van der Waals surface area contributed by atoms with E-state index in [9.17, 15) is 9.69 Å². The van der Waals surface area contributed by atoms with Crippen LogP contribution in [0.15, 0.2) is 5.57 Å². The first-order valence-corrected chi connectivity index (χ1v) is 4.42. The lowest BCUT2D eigenvalue weighted by Gasteiger charge is -2.05. The van der Waals surface area contributed by atoms with Crippen molar-refractivity contribution >= 4 is 19.2 Å². The van der Waals surface area contributed by atoms with Crippen LogP contribution < -0.4 is 4.89 Å². The van der Waals surface area contributed by atoms with Crippen molar-refractivity contribution in [3.8, 4) is 0 Å². The van der Waals surface area contributed by atoms with Gasteiger partial charge >= 0.3 is 5.97 Å². The van der Waals surface area contributed by atoms with E-state index in [0.29, 0.717) is 18.3 Å². The largest absolute Gasteiger partial charge is 0.623 e. The van der Waals surface area contributed by atoms with Crippen LogP contribution in [0.2, 0.25) is 0 Å². The Balaban J connectivity index is 2.53. The summed E-state index contributed by atoms with van der Waals surface area (Å²) in [6.07, 6.45) is 0.341. The summed E-state index contributed by atoms with van der Waals surface area (Å²) in [7, 11) is -1.34. The second-order valence-corrected chi connectivity index (χ2v) is 3.14. The van der Waals surface area contributed by atoms with E-state index < -0.39 is 7.77 Å². The van der Waals surface area contributed by atoms with Crippen molar-refractivity contribution in [2.75, 3.05) is 12.8 Å². The quantitative estimate of drug-likeness (QED) is 0.407. The summed E-state index contributed by atoms with van der Waals surface area (Å²) in [6, 6.07) is 0. The third kappa shape index (κ3) is 1.45. The Morgan fingerprint density at radius 3 is 3.00 bits per heavy atom. The smallest absolute Gasteiger partial charge is 0.350 e. The summed E-state index contributed by atoms with van der Waals surface area (Å²) in [6.45, 7) is 2.10. The highest BCUT2D eigenvalue weighted by atomic mass is 31.1. The Bertz CT molecular complexity index is 225. The molecule has 0 aromatic carbocycles. The number of carbonyl (C=O) groups excluding carboxylic acids is 1. The second-order valence-electron chi connectivity index (χ2n) is 1.85. The van der Waals surface area contributed by atoms with E-state index in [1.165, 1.54) is 0 Å². The van der Waals surface area contributed by atoms with Crippen LogP contribution in [0, 0.1) is 0 Å². The van der Waals surface area contributed by atoms with E-state index >= 15 is 0 Å². The van der Waals surface area contributed by atoms with E-state index in [1.807, 2.05) is 0 Å². The molecule has 0 fully saturated rings. The van der Waals surface area contributed by atoms with Gasteiger partial charge in [-0.15, -0.1) is 0 Å². The minimum Gasteiger partial charge on any atom is -0.623 e. The first kappa shape index (κ1) is 7.49. The van der Waals surface area contributed by atoms with Gasteiger partial charge in [0.1, 0.15) is 7.77 Å². The van der Waals surface area contributed by atoms with E-state index in [2.05, 4.69) is 10.2 Å². The lowest BCUT2D eigenvalue weighted by Crippen LogP contribution is -2.16. The summed E-state index contributed by atoms with van der Waals surface area (Å²) in [5.41, 5.74) is 2.91. The van der Waals surface area contributed by atoms with Crippen molar-refractivity contribution in [2.45, 2.75) is 6.92 Å². The third-order valence-electron chi connectivity index (χ3n) is 1.08. The molecule has 3 nitrogen and oxygen atoms in total. The molecule has 54 valence electrons. The standard InChI is InChI=1S/C6H7O3P/c1-2-9-6(7)5-3-10(8)4-5/h2-3H2,1H3. The highest BCUT2D eigenvalue weighted by Crippen LogP contribution is 2.21. The zero-order valence-electron chi connectivity index (χ0n) is 5.59. The summed E-state index contributed by atoms with van der Waals surface area (Å²) >= 11 is 0. The molecule has 0 bridgehead atoms. The maximum absolute atomic E-state index is 10.7. The predicted molar refractivity (Wildman–Crippen MR) is 36.9 cm³/mol. The maximum atomic E-state index is 10.7. The van der Waals surface area contributed by atoms with Crippen LogP contribution in [-0.4, -0.2) is 24.2 Å². The summed E-state index contributed by atoms with van der Waals surface area (Å²) in [4.78, 5) is 21.1. The molecule has 1 aliphatic rings. The number of esters is 1. The van der Waals surface area contributed by atoms with Crippen LogP contribution >= 0.6 is 7.77 Å². The average molecular weight is 158 g/mol. The molecule has 0 spiro atoms. The van der Waals surface area contributed by atoms with Crippen LogP contribution in [0.25, 0.3) is 0 Å². The lowest BCUT2D eigenvalue weighted by atomic mass is 10.3. The highest BCUT2D eigenvalue weighted by Gasteiger charge is 2.23. The van der Waals surface area contributed by atoms with E-state index in [0.717, 1.165) is 0 Å². The minimum atomic E-state index is -1.34. The predicted octanol–water partition coefficient (Wildman–Crippen LogP) is -0.352. The van der Waals surface area contributed by atoms with Gasteiger partial charge in [-0.2, -0.15) is 0 Å². The molecule has 0 aliphatic carbocycles. The first-order chi connectivity index (χ1) is 4.74. The van der Waals surface area contributed by atoms with Gasteiger partial charge in [0, 0.05) is 0 Å². The van der Waals surface area contributed by atoms with Gasteiger partial charge in [0.25, 0.3) is 0 Å². The Morgan fingerprint density at radius 2 is 2.60 bits per heavy atom. The molecule has 0 saturated carbocycles. The molecule has 4 heteroatoms. The fourth-order valence-electron chi connectivity index (χ4n) is 0.606. The van der Waals surface area contributed by atoms with Crippen molar-refractivity contribution in [3.05, 3.63) is 5.57 Å². The highest BCUT2D eigenvalue weighted by molar-refractivity contribution is 7.52. The third-order valence-corrected chi connectivity index (χ3v) is 2.21. The van der Waals surface area contributed by atoms with Gasteiger partial charge in [0.2, 0.25) is 0 Å². The van der Waals surface area contributed by atoms with Crippen LogP contribution in [0.1, 0.15) is 6.92 Å². The van der Waals surface area contributed by atoms with Gasteiger partial charge in [0.15, 0.2) is 11.7 Å². The monoisotopic (exact) mass is 158 g/mol. The Labute approximate surface area is 59.8 Å². The summed E-state index contributed by atoms with van der Waals surface area (Å²) in [5, 5.41) is 0. The molecule has 0 N–H and O–H groups in total. The van der Waals surface area contributed by atoms with Crippen molar-refractivity contribution in [1.82, 2.24) is 0 Å². The van der Waals surface area contributed by atoms with Gasteiger partial charge in [0.05, 0.1) is 12.1 Å². The number of rotatable bonds is 2. The molecule has 1 rings (SSSR count). The average Bonchev–Trinajstić information content (AvgIpc) is 1.82. The van der Waals surface area contributed by atoms with E-state index in [-0.39, 0.29) is 5.97 Å². The molecule has 0 aromatic rings. The summed E-state index contributed by atoms with van der Waals surface area (Å²) in [5.74, 6) is -0.378. The van der Waals surface area contributed by atoms with Gasteiger partial charge in [-0.25, -0.2) is 4.79 Å². The second kappa shape index (κ2) is 2.98. The molecule has 10 heavy (non-hydrogen) atoms. The Kier molecular flexibility index (Phi) is 2.23. The van der Waals surface area contributed by atoms with Crippen molar-refractivity contribution in [2.24, 2.45) is 0 Å². The number of ether oxygens (including phenoxy) is 1. The zero-order chi connectivity index (χ0) is 7.56. The maximum Gasteiger partial charge on any atom is 0.350 e. The zero-order valence-corrected chi connectivity index (χ0v) is 6.48. The van der Waals surface area contributed by atoms with Crippen molar-refractivity contribution in [1.29, 1.82) is 0 Å². The number of hydrogen-bond acceptors (Lipinski definition) is 3. The normalized spacial score (nSPS) is 18.6. The molecule has 1 aliphatic heterocycles. The fourth-order valence-corrected chi connectivity index (χ4v) is 1.38. The van der Waals surface area contributed by atoms with Crippen LogP contribution in [-0.2, 0) is 9.53 Å². The fraction of sp³-hybridized carbons (Fsp3) is 0.500. The molecule has 1 heterocycles. The van der Waals surface area contributed by atoms with Crippen molar-refractivity contribution in [3.63, 3.8) is 0 Å². The van der Waals surface area contributed by atoms with Gasteiger partial charge in [-0.1, -0.05) is 0 Å². The lowest BCUT2D eigenvalue weighted by molar-refractivity contribution is -0.154. The minimum absolute atomic E-state index is 0.341. The van der Waals surface area contributed by atoms with Gasteiger partial charge in [-0.3, -0.25) is 0 Å². The molecule has 0 aromatic heterocycles. The van der Waals surface area contributed by atoms with Crippen LogP contribution in [0.5, 0.6) is 0 Å². The first-order valence-electron chi connectivity index (χ1n) is 2.98. The topological polar surface area (TPSA) is 49.4 Å². The Morgan fingerprint density at radius 1 is 2.00 bits per heavy atom. The molecular formula is C6H7O3P.